The van der Waals surface area contributed by atoms with Crippen LogP contribution in [0, 0.1) is 6.92 Å². The van der Waals surface area contributed by atoms with Crippen LogP contribution in [0.4, 0.5) is 0 Å². The van der Waals surface area contributed by atoms with E-state index in [9.17, 15) is 4.79 Å². The zero-order valence-electron chi connectivity index (χ0n) is 15.5. The number of nitrogens with zero attached hydrogens (tertiary/aromatic N) is 1. The molecule has 0 aliphatic carbocycles. The zero-order chi connectivity index (χ0) is 18.1. The van der Waals surface area contributed by atoms with Gasteiger partial charge in [-0.3, -0.25) is 4.79 Å². The van der Waals surface area contributed by atoms with Crippen LogP contribution in [0.3, 0.4) is 0 Å². The highest BCUT2D eigenvalue weighted by Crippen LogP contribution is 2.06. The third kappa shape index (κ3) is 7.03. The van der Waals surface area contributed by atoms with Gasteiger partial charge in [-0.15, -0.1) is 24.0 Å². The maximum absolute atomic E-state index is 11.6. The molecule has 0 fully saturated rings. The second-order valence-electron chi connectivity index (χ2n) is 5.81. The summed E-state index contributed by atoms with van der Waals surface area (Å²) in [5.41, 5.74) is 4.18. The molecule has 0 saturated carbocycles. The van der Waals surface area contributed by atoms with Gasteiger partial charge in [-0.25, -0.2) is 4.99 Å². The monoisotopic (exact) mass is 466 g/mol. The van der Waals surface area contributed by atoms with E-state index in [-0.39, 0.29) is 29.9 Å². The van der Waals surface area contributed by atoms with E-state index < -0.39 is 0 Å². The molecule has 2 aromatic rings. The summed E-state index contributed by atoms with van der Waals surface area (Å²) in [6.07, 6.45) is 0. The maximum Gasteiger partial charge on any atom is 0.251 e. The minimum atomic E-state index is -0.0804. The van der Waals surface area contributed by atoms with Crippen LogP contribution in [-0.4, -0.2) is 25.5 Å². The maximum atomic E-state index is 11.6. The third-order valence-electron chi connectivity index (χ3n) is 3.79. The van der Waals surface area contributed by atoms with E-state index in [4.69, 9.17) is 0 Å². The Bertz CT molecular complexity index is 712. The Kier molecular flexibility index (Phi) is 9.72. The largest absolute Gasteiger partial charge is 0.357 e. The first-order chi connectivity index (χ1) is 12.1. The smallest absolute Gasteiger partial charge is 0.251 e. The van der Waals surface area contributed by atoms with Crippen LogP contribution in [0.1, 0.15) is 34.0 Å². The van der Waals surface area contributed by atoms with E-state index in [0.29, 0.717) is 12.1 Å². The van der Waals surface area contributed by atoms with Crippen LogP contribution in [0.15, 0.2) is 53.5 Å². The fraction of sp³-hybridized carbons (Fsp3) is 0.300. The highest BCUT2D eigenvalue weighted by Gasteiger charge is 2.03. The molecule has 0 aliphatic rings. The Morgan fingerprint density at radius 1 is 0.962 bits per heavy atom. The number of guanidine groups is 1. The number of halogens is 1. The van der Waals surface area contributed by atoms with E-state index in [2.05, 4.69) is 52.1 Å². The van der Waals surface area contributed by atoms with Gasteiger partial charge in [0, 0.05) is 25.7 Å². The first-order valence-electron chi connectivity index (χ1n) is 8.51. The summed E-state index contributed by atoms with van der Waals surface area (Å²) >= 11 is 0. The van der Waals surface area contributed by atoms with Crippen molar-refractivity contribution in [2.45, 2.75) is 26.9 Å². The van der Waals surface area contributed by atoms with Crippen LogP contribution < -0.4 is 16.0 Å². The Morgan fingerprint density at radius 3 is 2.15 bits per heavy atom. The van der Waals surface area contributed by atoms with Gasteiger partial charge in [0.1, 0.15) is 0 Å². The van der Waals surface area contributed by atoms with Crippen LogP contribution in [0.5, 0.6) is 0 Å². The van der Waals surface area contributed by atoms with E-state index >= 15 is 0 Å². The normalized spacial score (nSPS) is 10.7. The molecule has 0 heterocycles. The summed E-state index contributed by atoms with van der Waals surface area (Å²) in [4.78, 5) is 16.2. The Morgan fingerprint density at radius 2 is 1.58 bits per heavy atom. The molecule has 0 atom stereocenters. The fourth-order valence-electron chi connectivity index (χ4n) is 2.31. The van der Waals surface area contributed by atoms with Gasteiger partial charge in [-0.2, -0.15) is 0 Å². The lowest BCUT2D eigenvalue weighted by Gasteiger charge is -2.11. The van der Waals surface area contributed by atoms with Crippen molar-refractivity contribution >= 4 is 35.8 Å². The Labute approximate surface area is 172 Å². The number of hydrogen-bond donors (Lipinski definition) is 3. The molecular weight excluding hydrogens is 439 g/mol. The molecule has 2 aromatic carbocycles. The molecule has 5 nitrogen and oxygen atoms in total. The number of carbonyl (C=O) groups is 1. The summed E-state index contributed by atoms with van der Waals surface area (Å²) < 4.78 is 0. The van der Waals surface area contributed by atoms with E-state index in [1.54, 1.807) is 7.05 Å². The van der Waals surface area contributed by atoms with Gasteiger partial charge in [0.2, 0.25) is 0 Å². The van der Waals surface area contributed by atoms with Crippen molar-refractivity contribution in [3.63, 3.8) is 0 Å². The molecule has 0 aliphatic heterocycles. The molecule has 26 heavy (non-hydrogen) atoms. The second-order valence-corrected chi connectivity index (χ2v) is 5.81. The van der Waals surface area contributed by atoms with Crippen molar-refractivity contribution in [2.75, 3.05) is 13.6 Å². The molecule has 0 radical (unpaired) electrons. The first kappa shape index (κ1) is 22.0. The second kappa shape index (κ2) is 11.5. The number of aliphatic imine (C=N–C) groups is 1. The van der Waals surface area contributed by atoms with Gasteiger partial charge < -0.3 is 16.0 Å². The average Bonchev–Trinajstić information content (AvgIpc) is 2.65. The number of benzene rings is 2. The van der Waals surface area contributed by atoms with Crippen molar-refractivity contribution in [1.29, 1.82) is 0 Å². The molecule has 2 rings (SSSR count). The predicted octanol–water partition coefficient (Wildman–Crippen LogP) is 3.23. The zero-order valence-corrected chi connectivity index (χ0v) is 17.8. The quantitative estimate of drug-likeness (QED) is 0.348. The minimum absolute atomic E-state index is 0. The minimum Gasteiger partial charge on any atom is -0.357 e. The number of aryl methyl sites for hydroxylation is 1. The van der Waals surface area contributed by atoms with Crippen LogP contribution in [0.25, 0.3) is 0 Å². The van der Waals surface area contributed by atoms with Crippen molar-refractivity contribution < 1.29 is 4.79 Å². The SMILES string of the molecule is CCNC(=NCc1ccc(C(=O)NC)cc1)NCc1ccc(C)cc1.I. The molecule has 0 bridgehead atoms. The highest BCUT2D eigenvalue weighted by molar-refractivity contribution is 14.0. The van der Waals surface area contributed by atoms with Gasteiger partial charge in [-0.1, -0.05) is 42.0 Å². The molecule has 140 valence electrons. The first-order valence-corrected chi connectivity index (χ1v) is 8.51. The summed E-state index contributed by atoms with van der Waals surface area (Å²) in [6.45, 7) is 6.20. The van der Waals surface area contributed by atoms with Gasteiger partial charge >= 0.3 is 0 Å². The Balaban J connectivity index is 0.00000338. The Hall–Kier alpha value is -2.09. The fourth-order valence-corrected chi connectivity index (χ4v) is 2.31. The molecule has 0 aromatic heterocycles. The third-order valence-corrected chi connectivity index (χ3v) is 3.79. The number of carbonyl (C=O) groups excluding carboxylic acids is 1. The lowest BCUT2D eigenvalue weighted by molar-refractivity contribution is 0.0963. The van der Waals surface area contributed by atoms with E-state index in [1.807, 2.05) is 31.2 Å². The number of hydrogen-bond acceptors (Lipinski definition) is 2. The van der Waals surface area contributed by atoms with Crippen molar-refractivity contribution in [2.24, 2.45) is 4.99 Å². The van der Waals surface area contributed by atoms with Gasteiger partial charge in [0.25, 0.3) is 5.91 Å². The van der Waals surface area contributed by atoms with Crippen molar-refractivity contribution in [3.05, 3.63) is 70.8 Å². The van der Waals surface area contributed by atoms with Gasteiger partial charge in [0.15, 0.2) is 5.96 Å². The summed E-state index contributed by atoms with van der Waals surface area (Å²) in [7, 11) is 1.63. The van der Waals surface area contributed by atoms with Gasteiger partial charge in [0.05, 0.1) is 6.54 Å². The number of amides is 1. The number of nitrogens with one attached hydrogen (secondary N) is 3. The standard InChI is InChI=1S/C20H26N4O.HI/c1-4-22-20(23-13-16-7-5-15(2)6-8-16)24-14-17-9-11-18(12-10-17)19(25)21-3;/h5-12H,4,13-14H2,1-3H3,(H,21,25)(H2,22,23,24);1H. The van der Waals surface area contributed by atoms with Crippen LogP contribution in [0.2, 0.25) is 0 Å². The molecule has 1 amide bonds. The molecule has 0 unspecified atom stereocenters. The molecule has 0 spiro atoms. The summed E-state index contributed by atoms with van der Waals surface area (Å²) in [6, 6.07) is 15.9. The van der Waals surface area contributed by atoms with E-state index in [0.717, 1.165) is 24.6 Å². The van der Waals surface area contributed by atoms with Crippen LogP contribution >= 0.6 is 24.0 Å². The molecule has 0 saturated heterocycles. The molecular formula is C20H27IN4O. The van der Waals surface area contributed by atoms with E-state index in [1.165, 1.54) is 11.1 Å². The van der Waals surface area contributed by atoms with Gasteiger partial charge in [-0.05, 0) is 37.1 Å². The predicted molar refractivity (Wildman–Crippen MR) is 118 cm³/mol. The topological polar surface area (TPSA) is 65.5 Å². The average molecular weight is 466 g/mol. The number of rotatable bonds is 6. The molecule has 3 N–H and O–H groups in total. The summed E-state index contributed by atoms with van der Waals surface area (Å²) in [5, 5.41) is 9.21. The lowest BCUT2D eigenvalue weighted by Crippen LogP contribution is -2.36. The summed E-state index contributed by atoms with van der Waals surface area (Å²) in [5.74, 6) is 0.696. The highest BCUT2D eigenvalue weighted by atomic mass is 127. The van der Waals surface area contributed by atoms with Crippen LogP contribution in [-0.2, 0) is 13.1 Å². The van der Waals surface area contributed by atoms with Crippen molar-refractivity contribution in [1.82, 2.24) is 16.0 Å². The van der Waals surface area contributed by atoms with Crippen molar-refractivity contribution in [3.8, 4) is 0 Å². The lowest BCUT2D eigenvalue weighted by atomic mass is 10.1. The molecule has 6 heteroatoms.